The molecule has 6 nitrogen and oxygen atoms in total. The standard InChI is InChI=1S/C23H30N2O4/c1-17(2)14-23(26)25(16-20-4-3-11-27-20)18-7-9-24(10-8-18)19-5-6-21-22(15-19)29-13-12-28-21/h3-6,11,15,17-18H,7-10,12-14,16H2,1-2H3. The average molecular weight is 399 g/mol. The Bertz CT molecular complexity index is 810. The SMILES string of the molecule is CC(C)CC(=O)N(Cc1ccco1)C1CCN(c2ccc3c(c2)OCCO3)CC1. The molecule has 0 atom stereocenters. The molecule has 0 spiro atoms. The Morgan fingerprint density at radius 1 is 1.14 bits per heavy atom. The zero-order valence-electron chi connectivity index (χ0n) is 17.3. The quantitative estimate of drug-likeness (QED) is 0.733. The summed E-state index contributed by atoms with van der Waals surface area (Å²) in [6, 6.07) is 10.2. The number of carbonyl (C=O) groups is 1. The molecular formula is C23H30N2O4. The fourth-order valence-corrected chi connectivity index (χ4v) is 4.12. The van der Waals surface area contributed by atoms with Crippen molar-refractivity contribution in [2.24, 2.45) is 5.92 Å². The van der Waals surface area contributed by atoms with E-state index in [1.165, 1.54) is 0 Å². The lowest BCUT2D eigenvalue weighted by Crippen LogP contribution is -2.47. The van der Waals surface area contributed by atoms with Crippen LogP contribution in [0.3, 0.4) is 0 Å². The number of nitrogens with zero attached hydrogens (tertiary/aromatic N) is 2. The maximum atomic E-state index is 12.9. The van der Waals surface area contributed by atoms with Crippen LogP contribution in [0, 0.1) is 5.92 Å². The van der Waals surface area contributed by atoms with Crippen molar-refractivity contribution in [3.8, 4) is 11.5 Å². The summed E-state index contributed by atoms with van der Waals surface area (Å²) in [6.45, 7) is 7.75. The molecule has 1 amide bonds. The molecule has 0 unspecified atom stereocenters. The van der Waals surface area contributed by atoms with Crippen LogP contribution in [0.1, 0.15) is 38.9 Å². The minimum Gasteiger partial charge on any atom is -0.486 e. The second-order valence-electron chi connectivity index (χ2n) is 8.25. The molecule has 0 radical (unpaired) electrons. The van der Waals surface area contributed by atoms with E-state index < -0.39 is 0 Å². The second kappa shape index (κ2) is 8.80. The van der Waals surface area contributed by atoms with Gasteiger partial charge in [0.1, 0.15) is 19.0 Å². The molecule has 1 saturated heterocycles. The Labute approximate surface area is 172 Å². The highest BCUT2D eigenvalue weighted by atomic mass is 16.6. The highest BCUT2D eigenvalue weighted by Gasteiger charge is 2.29. The summed E-state index contributed by atoms with van der Waals surface area (Å²) < 4.78 is 16.9. The van der Waals surface area contributed by atoms with Crippen molar-refractivity contribution in [2.45, 2.75) is 45.7 Å². The van der Waals surface area contributed by atoms with Gasteiger partial charge in [0.25, 0.3) is 0 Å². The van der Waals surface area contributed by atoms with Crippen LogP contribution in [0.2, 0.25) is 0 Å². The van der Waals surface area contributed by atoms with Gasteiger partial charge in [-0.1, -0.05) is 13.8 Å². The van der Waals surface area contributed by atoms with Crippen molar-refractivity contribution in [1.29, 1.82) is 0 Å². The first-order chi connectivity index (χ1) is 14.1. The molecule has 2 aliphatic heterocycles. The van der Waals surface area contributed by atoms with Gasteiger partial charge in [-0.05, 0) is 43.0 Å². The van der Waals surface area contributed by atoms with Crippen molar-refractivity contribution < 1.29 is 18.7 Å². The van der Waals surface area contributed by atoms with E-state index >= 15 is 0 Å². The molecule has 4 rings (SSSR count). The number of hydrogen-bond donors (Lipinski definition) is 0. The van der Waals surface area contributed by atoms with Crippen LogP contribution < -0.4 is 14.4 Å². The number of hydrogen-bond acceptors (Lipinski definition) is 5. The molecule has 29 heavy (non-hydrogen) atoms. The summed E-state index contributed by atoms with van der Waals surface area (Å²) >= 11 is 0. The van der Waals surface area contributed by atoms with E-state index in [0.29, 0.717) is 32.1 Å². The van der Waals surface area contributed by atoms with Crippen LogP contribution in [0.15, 0.2) is 41.0 Å². The zero-order valence-corrected chi connectivity index (χ0v) is 17.3. The number of anilines is 1. The van der Waals surface area contributed by atoms with Gasteiger partial charge in [-0.15, -0.1) is 0 Å². The number of carbonyl (C=O) groups excluding carboxylic acids is 1. The number of amides is 1. The third kappa shape index (κ3) is 4.69. The molecule has 0 saturated carbocycles. The Kier molecular flexibility index (Phi) is 5.97. The van der Waals surface area contributed by atoms with Crippen molar-refractivity contribution in [1.82, 2.24) is 4.90 Å². The monoisotopic (exact) mass is 398 g/mol. The molecule has 1 aromatic carbocycles. The lowest BCUT2D eigenvalue weighted by Gasteiger charge is -2.39. The zero-order chi connectivity index (χ0) is 20.2. The Balaban J connectivity index is 1.42. The van der Waals surface area contributed by atoms with Crippen molar-refractivity contribution in [3.63, 3.8) is 0 Å². The van der Waals surface area contributed by atoms with E-state index in [2.05, 4.69) is 30.9 Å². The third-order valence-electron chi connectivity index (χ3n) is 5.61. The smallest absolute Gasteiger partial charge is 0.223 e. The van der Waals surface area contributed by atoms with Gasteiger partial charge in [0.05, 0.1) is 12.8 Å². The van der Waals surface area contributed by atoms with Gasteiger partial charge in [0, 0.05) is 37.3 Å². The first-order valence-electron chi connectivity index (χ1n) is 10.6. The lowest BCUT2D eigenvalue weighted by molar-refractivity contribution is -0.135. The fraction of sp³-hybridized carbons (Fsp3) is 0.522. The minimum absolute atomic E-state index is 0.217. The van der Waals surface area contributed by atoms with Crippen LogP contribution in [-0.4, -0.2) is 43.2 Å². The Morgan fingerprint density at radius 3 is 2.59 bits per heavy atom. The second-order valence-corrected chi connectivity index (χ2v) is 8.25. The summed E-state index contributed by atoms with van der Waals surface area (Å²) in [5.74, 6) is 3.05. The molecule has 6 heteroatoms. The van der Waals surface area contributed by atoms with Gasteiger partial charge in [-0.3, -0.25) is 4.79 Å². The number of benzene rings is 1. The van der Waals surface area contributed by atoms with Gasteiger partial charge in [-0.2, -0.15) is 0 Å². The molecule has 3 heterocycles. The first kappa shape index (κ1) is 19.7. The van der Waals surface area contributed by atoms with Crippen molar-refractivity contribution in [2.75, 3.05) is 31.2 Å². The molecule has 1 aromatic heterocycles. The predicted octanol–water partition coefficient (Wildman–Crippen LogP) is 4.09. The summed E-state index contributed by atoms with van der Waals surface area (Å²) in [5.41, 5.74) is 1.15. The number of furan rings is 1. The normalized spacial score (nSPS) is 16.9. The molecule has 1 fully saturated rings. The van der Waals surface area contributed by atoms with E-state index in [1.807, 2.05) is 23.1 Å². The van der Waals surface area contributed by atoms with Crippen LogP contribution in [0.5, 0.6) is 11.5 Å². The van der Waals surface area contributed by atoms with Crippen LogP contribution >= 0.6 is 0 Å². The van der Waals surface area contributed by atoms with Crippen molar-refractivity contribution in [3.05, 3.63) is 42.4 Å². The summed E-state index contributed by atoms with van der Waals surface area (Å²) in [4.78, 5) is 17.3. The highest BCUT2D eigenvalue weighted by molar-refractivity contribution is 5.76. The number of fused-ring (bicyclic) bond motifs is 1. The Morgan fingerprint density at radius 2 is 1.90 bits per heavy atom. The van der Waals surface area contributed by atoms with E-state index in [1.54, 1.807) is 6.26 Å². The third-order valence-corrected chi connectivity index (χ3v) is 5.61. The average Bonchev–Trinajstić information content (AvgIpc) is 3.24. The van der Waals surface area contributed by atoms with Gasteiger partial charge in [0.15, 0.2) is 11.5 Å². The number of rotatable bonds is 6. The van der Waals surface area contributed by atoms with E-state index in [4.69, 9.17) is 13.9 Å². The van der Waals surface area contributed by atoms with Crippen LogP contribution in [0.4, 0.5) is 5.69 Å². The molecular weight excluding hydrogens is 368 g/mol. The van der Waals surface area contributed by atoms with Crippen molar-refractivity contribution >= 4 is 11.6 Å². The summed E-state index contributed by atoms with van der Waals surface area (Å²) in [6.07, 6.45) is 4.13. The largest absolute Gasteiger partial charge is 0.486 e. The van der Waals surface area contributed by atoms with E-state index in [-0.39, 0.29) is 11.9 Å². The Hall–Kier alpha value is -2.63. The summed E-state index contributed by atoms with van der Waals surface area (Å²) in [7, 11) is 0. The van der Waals surface area contributed by atoms with E-state index in [0.717, 1.165) is 48.9 Å². The first-order valence-corrected chi connectivity index (χ1v) is 10.6. The molecule has 156 valence electrons. The van der Waals surface area contributed by atoms with Gasteiger partial charge < -0.3 is 23.7 Å². The number of ether oxygens (including phenoxy) is 2. The van der Waals surface area contributed by atoms with Gasteiger partial charge in [0.2, 0.25) is 5.91 Å². The fourth-order valence-electron chi connectivity index (χ4n) is 4.12. The molecule has 0 aliphatic carbocycles. The molecule has 2 aromatic rings. The predicted molar refractivity (Wildman–Crippen MR) is 111 cm³/mol. The molecule has 0 N–H and O–H groups in total. The van der Waals surface area contributed by atoms with Crippen LogP contribution in [0.25, 0.3) is 0 Å². The van der Waals surface area contributed by atoms with Gasteiger partial charge >= 0.3 is 0 Å². The topological polar surface area (TPSA) is 55.2 Å². The molecule has 0 bridgehead atoms. The lowest BCUT2D eigenvalue weighted by atomic mass is 10.00. The minimum atomic E-state index is 0.217. The van der Waals surface area contributed by atoms with Crippen LogP contribution in [-0.2, 0) is 11.3 Å². The highest BCUT2D eigenvalue weighted by Crippen LogP contribution is 2.35. The van der Waals surface area contributed by atoms with Gasteiger partial charge in [-0.25, -0.2) is 0 Å². The summed E-state index contributed by atoms with van der Waals surface area (Å²) in [5, 5.41) is 0. The number of piperidine rings is 1. The van der Waals surface area contributed by atoms with E-state index in [9.17, 15) is 4.79 Å². The molecule has 2 aliphatic rings. The maximum absolute atomic E-state index is 12.9. The maximum Gasteiger partial charge on any atom is 0.223 e.